The monoisotopic (exact) mass is 433 g/mol. The number of anilines is 1. The molecular weight excluding hydrogens is 410 g/mol. The number of halogens is 1. The molecule has 0 radical (unpaired) electrons. The van der Waals surface area contributed by atoms with Gasteiger partial charge in [0.25, 0.3) is 5.91 Å². The third-order valence-corrected chi connectivity index (χ3v) is 6.42. The van der Waals surface area contributed by atoms with Crippen molar-refractivity contribution in [1.82, 2.24) is 9.88 Å². The van der Waals surface area contributed by atoms with Gasteiger partial charge in [0.1, 0.15) is 5.54 Å². The van der Waals surface area contributed by atoms with Crippen molar-refractivity contribution in [1.29, 1.82) is 0 Å². The summed E-state index contributed by atoms with van der Waals surface area (Å²) >= 11 is 8.06. The number of amides is 3. The van der Waals surface area contributed by atoms with Gasteiger partial charge in [-0.25, -0.2) is 9.69 Å². The topological polar surface area (TPSA) is 62.7 Å². The molecule has 3 rings (SSSR count). The first-order valence-corrected chi connectivity index (χ1v) is 10.7. The Kier molecular flexibility index (Phi) is 6.82. The molecule has 154 valence electrons. The van der Waals surface area contributed by atoms with Crippen molar-refractivity contribution < 1.29 is 14.3 Å². The number of hydrogen-bond acceptors (Lipinski definition) is 5. The van der Waals surface area contributed by atoms with E-state index in [1.807, 2.05) is 18.2 Å². The van der Waals surface area contributed by atoms with E-state index in [1.165, 1.54) is 4.90 Å². The molecule has 0 atom stereocenters. The minimum atomic E-state index is -0.958. The minimum absolute atomic E-state index is 0.270. The summed E-state index contributed by atoms with van der Waals surface area (Å²) in [6, 6.07) is 8.63. The standard InChI is InChI=1S/C21H24ClN3O3S/c1-21(2)19(26)25(20(27)24(21)14-15-7-9-23-10-8-15)16-5-6-18(17(22)13-16)29-12-4-11-28-3/h5-10,13H,4,11-12,14H2,1-3H3. The van der Waals surface area contributed by atoms with Crippen LogP contribution >= 0.6 is 23.4 Å². The van der Waals surface area contributed by atoms with Crippen LogP contribution in [0.3, 0.4) is 0 Å². The van der Waals surface area contributed by atoms with Crippen LogP contribution in [0, 0.1) is 0 Å². The molecule has 0 unspecified atom stereocenters. The SMILES string of the molecule is COCCCSc1ccc(N2C(=O)N(Cc3ccncc3)C(C)(C)C2=O)cc1Cl. The van der Waals surface area contributed by atoms with E-state index >= 15 is 0 Å². The number of pyridine rings is 1. The lowest BCUT2D eigenvalue weighted by atomic mass is 10.0. The Morgan fingerprint density at radius 2 is 1.90 bits per heavy atom. The number of ether oxygens (including phenoxy) is 1. The lowest BCUT2D eigenvalue weighted by Gasteiger charge is -2.27. The third-order valence-electron chi connectivity index (χ3n) is 4.84. The summed E-state index contributed by atoms with van der Waals surface area (Å²) in [6.07, 6.45) is 4.26. The van der Waals surface area contributed by atoms with Crippen LogP contribution in [0.25, 0.3) is 0 Å². The van der Waals surface area contributed by atoms with Crippen molar-refractivity contribution in [3.05, 3.63) is 53.3 Å². The third kappa shape index (κ3) is 4.57. The normalized spacial score (nSPS) is 16.0. The van der Waals surface area contributed by atoms with E-state index in [4.69, 9.17) is 16.3 Å². The number of carbonyl (C=O) groups excluding carboxylic acids is 2. The number of aromatic nitrogens is 1. The van der Waals surface area contributed by atoms with Crippen molar-refractivity contribution >= 4 is 41.0 Å². The van der Waals surface area contributed by atoms with E-state index in [1.54, 1.807) is 62.1 Å². The number of imide groups is 1. The van der Waals surface area contributed by atoms with Crippen molar-refractivity contribution in [2.75, 3.05) is 24.4 Å². The second kappa shape index (κ2) is 9.15. The minimum Gasteiger partial charge on any atom is -0.385 e. The van der Waals surface area contributed by atoms with Crippen LogP contribution in [0.1, 0.15) is 25.8 Å². The van der Waals surface area contributed by atoms with Gasteiger partial charge in [0.05, 0.1) is 10.7 Å². The number of nitrogens with zero attached hydrogens (tertiary/aromatic N) is 3. The average Bonchev–Trinajstić information content (AvgIpc) is 2.87. The maximum atomic E-state index is 13.1. The van der Waals surface area contributed by atoms with Gasteiger partial charge in [0, 0.05) is 43.3 Å². The van der Waals surface area contributed by atoms with E-state index < -0.39 is 5.54 Å². The van der Waals surface area contributed by atoms with Gasteiger partial charge in [-0.3, -0.25) is 9.78 Å². The zero-order valence-corrected chi connectivity index (χ0v) is 18.3. The first-order chi connectivity index (χ1) is 13.9. The molecule has 6 nitrogen and oxygen atoms in total. The number of hydrogen-bond donors (Lipinski definition) is 0. The molecule has 29 heavy (non-hydrogen) atoms. The smallest absolute Gasteiger partial charge is 0.332 e. The first-order valence-electron chi connectivity index (χ1n) is 9.32. The highest BCUT2D eigenvalue weighted by Crippen LogP contribution is 2.37. The maximum Gasteiger partial charge on any atom is 0.332 e. The molecule has 1 aliphatic heterocycles. The number of thioether (sulfide) groups is 1. The maximum absolute atomic E-state index is 13.1. The fraction of sp³-hybridized carbons (Fsp3) is 0.381. The predicted octanol–water partition coefficient (Wildman–Crippen LogP) is 4.61. The van der Waals surface area contributed by atoms with E-state index in [0.29, 0.717) is 23.9 Å². The van der Waals surface area contributed by atoms with Crippen LogP contribution in [0.4, 0.5) is 10.5 Å². The second-order valence-electron chi connectivity index (χ2n) is 7.23. The Labute approximate surface area is 180 Å². The van der Waals surface area contributed by atoms with Gasteiger partial charge in [-0.15, -0.1) is 11.8 Å². The quantitative estimate of drug-likeness (QED) is 0.345. The number of benzene rings is 1. The Morgan fingerprint density at radius 1 is 1.17 bits per heavy atom. The number of carbonyl (C=O) groups is 2. The molecule has 8 heteroatoms. The Morgan fingerprint density at radius 3 is 2.55 bits per heavy atom. The van der Waals surface area contributed by atoms with Crippen LogP contribution in [-0.2, 0) is 16.1 Å². The molecule has 0 spiro atoms. The van der Waals surface area contributed by atoms with Crippen LogP contribution in [0.5, 0.6) is 0 Å². The predicted molar refractivity (Wildman–Crippen MR) is 115 cm³/mol. The van der Waals surface area contributed by atoms with Gasteiger partial charge >= 0.3 is 6.03 Å². The zero-order valence-electron chi connectivity index (χ0n) is 16.7. The molecule has 1 aliphatic rings. The van der Waals surface area contributed by atoms with Crippen molar-refractivity contribution in [3.8, 4) is 0 Å². The molecule has 2 heterocycles. The second-order valence-corrected chi connectivity index (χ2v) is 8.78. The summed E-state index contributed by atoms with van der Waals surface area (Å²) in [4.78, 5) is 33.9. The fourth-order valence-corrected chi connectivity index (χ4v) is 4.31. The van der Waals surface area contributed by atoms with Crippen LogP contribution in [0.15, 0.2) is 47.6 Å². The van der Waals surface area contributed by atoms with Crippen LogP contribution < -0.4 is 4.90 Å². The molecule has 1 fully saturated rings. The molecule has 0 aliphatic carbocycles. The van der Waals surface area contributed by atoms with Gasteiger partial charge in [-0.1, -0.05) is 11.6 Å². The molecule has 2 aromatic rings. The van der Waals surface area contributed by atoms with Gasteiger partial charge in [-0.05, 0) is 56.2 Å². The van der Waals surface area contributed by atoms with Crippen molar-refractivity contribution in [3.63, 3.8) is 0 Å². The molecule has 0 bridgehead atoms. The molecule has 1 saturated heterocycles. The van der Waals surface area contributed by atoms with Crippen LogP contribution in [-0.4, -0.2) is 46.8 Å². The molecule has 1 aromatic heterocycles. The summed E-state index contributed by atoms with van der Waals surface area (Å²) in [5, 5.41) is 0.524. The lowest BCUT2D eigenvalue weighted by Crippen LogP contribution is -2.43. The number of rotatable bonds is 8. The Bertz CT molecular complexity index is 892. The number of methoxy groups -OCH3 is 1. The molecule has 0 N–H and O–H groups in total. The summed E-state index contributed by atoms with van der Waals surface area (Å²) in [7, 11) is 1.68. The molecule has 3 amide bonds. The van der Waals surface area contributed by atoms with Gasteiger partial charge in [0.15, 0.2) is 0 Å². The van der Waals surface area contributed by atoms with Gasteiger partial charge < -0.3 is 9.64 Å². The number of urea groups is 1. The first kappa shape index (κ1) is 21.6. The molecule has 1 aromatic carbocycles. The highest BCUT2D eigenvalue weighted by Gasteiger charge is 2.51. The summed E-state index contributed by atoms with van der Waals surface area (Å²) in [6.45, 7) is 4.55. The summed E-state index contributed by atoms with van der Waals surface area (Å²) in [5.74, 6) is 0.606. The van der Waals surface area contributed by atoms with E-state index in [2.05, 4.69) is 4.98 Å². The highest BCUT2D eigenvalue weighted by molar-refractivity contribution is 7.99. The van der Waals surface area contributed by atoms with Crippen LogP contribution in [0.2, 0.25) is 5.02 Å². The molecular formula is C21H24ClN3O3S. The van der Waals surface area contributed by atoms with Crippen molar-refractivity contribution in [2.45, 2.75) is 37.2 Å². The summed E-state index contributed by atoms with van der Waals surface area (Å²) in [5.41, 5.74) is 0.439. The zero-order chi connectivity index (χ0) is 21.0. The lowest BCUT2D eigenvalue weighted by molar-refractivity contribution is -0.123. The Hall–Kier alpha value is -2.09. The van der Waals surface area contributed by atoms with Gasteiger partial charge in [-0.2, -0.15) is 0 Å². The fourth-order valence-electron chi connectivity index (χ4n) is 3.13. The largest absolute Gasteiger partial charge is 0.385 e. The van der Waals surface area contributed by atoms with Gasteiger partial charge in [0.2, 0.25) is 0 Å². The van der Waals surface area contributed by atoms with E-state index in [-0.39, 0.29) is 11.9 Å². The van der Waals surface area contributed by atoms with Crippen molar-refractivity contribution in [2.24, 2.45) is 0 Å². The summed E-state index contributed by atoms with van der Waals surface area (Å²) < 4.78 is 5.06. The van der Waals surface area contributed by atoms with E-state index in [0.717, 1.165) is 22.6 Å². The molecule has 0 saturated carbocycles. The van der Waals surface area contributed by atoms with E-state index in [9.17, 15) is 9.59 Å². The highest BCUT2D eigenvalue weighted by atomic mass is 35.5. The Balaban J connectivity index is 1.80. The average molecular weight is 434 g/mol.